The van der Waals surface area contributed by atoms with Gasteiger partial charge in [0.25, 0.3) is 5.91 Å². The zero-order valence-corrected chi connectivity index (χ0v) is 7.62. The molecule has 0 aromatic rings. The summed E-state index contributed by atoms with van der Waals surface area (Å²) in [7, 11) is 0. The van der Waals surface area contributed by atoms with Crippen molar-refractivity contribution in [2.24, 2.45) is 5.92 Å². The Hall–Kier alpha value is -1.01. The molecule has 2 N–H and O–H groups in total. The third-order valence-electron chi connectivity index (χ3n) is 2.50. The average molecular weight is 181 g/mol. The Kier molecular flexibility index (Phi) is 3.78. The molecule has 1 aliphatic rings. The molecule has 0 heterocycles. The SMILES string of the molecule is C#CC(=O)NCC1CCC(O)CC1. The molecule has 0 bridgehead atoms. The lowest BCUT2D eigenvalue weighted by Crippen LogP contribution is -2.31. The molecular weight excluding hydrogens is 166 g/mol. The molecule has 72 valence electrons. The van der Waals surface area contributed by atoms with E-state index in [1.807, 2.05) is 5.92 Å². The van der Waals surface area contributed by atoms with Gasteiger partial charge in [-0.3, -0.25) is 4.79 Å². The van der Waals surface area contributed by atoms with Crippen LogP contribution in [0.2, 0.25) is 0 Å². The number of aliphatic hydroxyl groups is 1. The van der Waals surface area contributed by atoms with E-state index in [0.29, 0.717) is 12.5 Å². The number of hydrogen-bond acceptors (Lipinski definition) is 2. The number of rotatable bonds is 2. The molecule has 1 fully saturated rings. The number of nitrogens with one attached hydrogen (secondary N) is 1. The van der Waals surface area contributed by atoms with Crippen molar-refractivity contribution in [1.29, 1.82) is 0 Å². The molecule has 0 radical (unpaired) electrons. The predicted octanol–water partition coefficient (Wildman–Crippen LogP) is 0.287. The van der Waals surface area contributed by atoms with Crippen LogP contribution in [0.25, 0.3) is 0 Å². The third-order valence-corrected chi connectivity index (χ3v) is 2.50. The lowest BCUT2D eigenvalue weighted by Gasteiger charge is -2.24. The molecule has 0 spiro atoms. The summed E-state index contributed by atoms with van der Waals surface area (Å²) in [6.07, 6.45) is 8.41. The smallest absolute Gasteiger partial charge is 0.295 e. The lowest BCUT2D eigenvalue weighted by molar-refractivity contribution is -0.115. The van der Waals surface area contributed by atoms with Crippen molar-refractivity contribution in [3.63, 3.8) is 0 Å². The second-order valence-corrected chi connectivity index (χ2v) is 3.53. The van der Waals surface area contributed by atoms with Crippen molar-refractivity contribution < 1.29 is 9.90 Å². The van der Waals surface area contributed by atoms with E-state index < -0.39 is 0 Å². The summed E-state index contributed by atoms with van der Waals surface area (Å²) in [5, 5.41) is 11.9. The Morgan fingerprint density at radius 1 is 1.46 bits per heavy atom. The Balaban J connectivity index is 2.16. The van der Waals surface area contributed by atoms with Crippen LogP contribution >= 0.6 is 0 Å². The molecule has 0 atom stereocenters. The highest BCUT2D eigenvalue weighted by molar-refractivity contribution is 5.92. The highest BCUT2D eigenvalue weighted by atomic mass is 16.3. The van der Waals surface area contributed by atoms with Gasteiger partial charge in [0.1, 0.15) is 0 Å². The second kappa shape index (κ2) is 4.88. The van der Waals surface area contributed by atoms with Gasteiger partial charge in [-0.2, -0.15) is 0 Å². The molecule has 3 heteroatoms. The van der Waals surface area contributed by atoms with Gasteiger partial charge in [0, 0.05) is 6.54 Å². The fourth-order valence-electron chi connectivity index (χ4n) is 1.64. The number of carbonyl (C=O) groups excluding carboxylic acids is 1. The van der Waals surface area contributed by atoms with Gasteiger partial charge < -0.3 is 10.4 Å². The molecule has 0 aromatic heterocycles. The van der Waals surface area contributed by atoms with E-state index in [0.717, 1.165) is 25.7 Å². The van der Waals surface area contributed by atoms with E-state index in [1.54, 1.807) is 0 Å². The van der Waals surface area contributed by atoms with E-state index in [1.165, 1.54) is 0 Å². The molecular formula is C10H15NO2. The number of aliphatic hydroxyl groups excluding tert-OH is 1. The van der Waals surface area contributed by atoms with Crippen molar-refractivity contribution in [2.45, 2.75) is 31.8 Å². The monoisotopic (exact) mass is 181 g/mol. The average Bonchev–Trinajstić information content (AvgIpc) is 2.16. The molecule has 1 rings (SSSR count). The summed E-state index contributed by atoms with van der Waals surface area (Å²) in [5.74, 6) is 2.16. The highest BCUT2D eigenvalue weighted by Gasteiger charge is 2.19. The molecule has 3 nitrogen and oxygen atoms in total. The first-order valence-corrected chi connectivity index (χ1v) is 4.65. The van der Waals surface area contributed by atoms with E-state index in [9.17, 15) is 9.90 Å². The summed E-state index contributed by atoms with van der Waals surface area (Å²) in [6, 6.07) is 0. The first kappa shape index (κ1) is 10.1. The minimum atomic E-state index is -0.342. The molecule has 1 amide bonds. The fourth-order valence-corrected chi connectivity index (χ4v) is 1.64. The number of terminal acetylenes is 1. The zero-order chi connectivity index (χ0) is 9.68. The van der Waals surface area contributed by atoms with Crippen molar-refractivity contribution in [2.75, 3.05) is 6.54 Å². The molecule has 1 aliphatic carbocycles. The Morgan fingerprint density at radius 3 is 2.62 bits per heavy atom. The standard InChI is InChI=1S/C10H15NO2/c1-2-10(13)11-7-8-3-5-9(12)6-4-8/h1,8-9,12H,3-7H2,(H,11,13). The fraction of sp³-hybridized carbons (Fsp3) is 0.700. The van der Waals surface area contributed by atoms with Gasteiger partial charge in [-0.05, 0) is 37.5 Å². The van der Waals surface area contributed by atoms with Crippen molar-refractivity contribution in [3.8, 4) is 12.3 Å². The molecule has 0 unspecified atom stereocenters. The summed E-state index contributed by atoms with van der Waals surface area (Å²) in [6.45, 7) is 0.649. The first-order chi connectivity index (χ1) is 6.22. The molecule has 0 aliphatic heterocycles. The lowest BCUT2D eigenvalue weighted by atomic mass is 9.87. The number of hydrogen-bond donors (Lipinski definition) is 2. The number of amides is 1. The van der Waals surface area contributed by atoms with Gasteiger partial charge in [-0.1, -0.05) is 0 Å². The van der Waals surface area contributed by atoms with Gasteiger partial charge in [0.15, 0.2) is 0 Å². The normalized spacial score (nSPS) is 27.7. The van der Waals surface area contributed by atoms with Crippen molar-refractivity contribution in [3.05, 3.63) is 0 Å². The van der Waals surface area contributed by atoms with Gasteiger partial charge in [-0.15, -0.1) is 6.42 Å². The van der Waals surface area contributed by atoms with E-state index in [-0.39, 0.29) is 12.0 Å². The first-order valence-electron chi connectivity index (χ1n) is 4.65. The van der Waals surface area contributed by atoms with Gasteiger partial charge in [0.2, 0.25) is 0 Å². The van der Waals surface area contributed by atoms with Crippen LogP contribution in [0.4, 0.5) is 0 Å². The van der Waals surface area contributed by atoms with Crippen molar-refractivity contribution in [1.82, 2.24) is 5.32 Å². The minimum absolute atomic E-state index is 0.139. The third kappa shape index (κ3) is 3.47. The van der Waals surface area contributed by atoms with Crippen LogP contribution < -0.4 is 5.32 Å². The van der Waals surface area contributed by atoms with Gasteiger partial charge in [0.05, 0.1) is 6.10 Å². The van der Waals surface area contributed by atoms with E-state index >= 15 is 0 Å². The summed E-state index contributed by atoms with van der Waals surface area (Å²) < 4.78 is 0. The molecule has 0 saturated heterocycles. The quantitative estimate of drug-likeness (QED) is 0.601. The summed E-state index contributed by atoms with van der Waals surface area (Å²) in [5.41, 5.74) is 0. The molecule has 13 heavy (non-hydrogen) atoms. The second-order valence-electron chi connectivity index (χ2n) is 3.53. The van der Waals surface area contributed by atoms with E-state index in [4.69, 9.17) is 6.42 Å². The zero-order valence-electron chi connectivity index (χ0n) is 7.62. The van der Waals surface area contributed by atoms with Crippen molar-refractivity contribution >= 4 is 5.91 Å². The summed E-state index contributed by atoms with van der Waals surface area (Å²) >= 11 is 0. The topological polar surface area (TPSA) is 49.3 Å². The number of carbonyl (C=O) groups is 1. The van der Waals surface area contributed by atoms with Crippen LogP contribution in [0, 0.1) is 18.3 Å². The largest absolute Gasteiger partial charge is 0.393 e. The molecule has 1 saturated carbocycles. The van der Waals surface area contributed by atoms with Crippen LogP contribution in [-0.4, -0.2) is 23.7 Å². The predicted molar refractivity (Wildman–Crippen MR) is 49.8 cm³/mol. The molecule has 0 aromatic carbocycles. The maximum atomic E-state index is 10.7. The Morgan fingerprint density at radius 2 is 2.08 bits per heavy atom. The Labute approximate surface area is 78.5 Å². The van der Waals surface area contributed by atoms with Crippen LogP contribution in [-0.2, 0) is 4.79 Å². The van der Waals surface area contributed by atoms with Crippen LogP contribution in [0.15, 0.2) is 0 Å². The minimum Gasteiger partial charge on any atom is -0.393 e. The van der Waals surface area contributed by atoms with E-state index in [2.05, 4.69) is 5.32 Å². The highest BCUT2D eigenvalue weighted by Crippen LogP contribution is 2.23. The summed E-state index contributed by atoms with van der Waals surface area (Å²) in [4.78, 5) is 10.7. The van der Waals surface area contributed by atoms with Crippen LogP contribution in [0.1, 0.15) is 25.7 Å². The van der Waals surface area contributed by atoms with Gasteiger partial charge >= 0.3 is 0 Å². The maximum Gasteiger partial charge on any atom is 0.295 e. The maximum absolute atomic E-state index is 10.7. The van der Waals surface area contributed by atoms with Crippen LogP contribution in [0.5, 0.6) is 0 Å². The van der Waals surface area contributed by atoms with Gasteiger partial charge in [-0.25, -0.2) is 0 Å². The van der Waals surface area contributed by atoms with Crippen LogP contribution in [0.3, 0.4) is 0 Å². The Bertz CT molecular complexity index is 211.